The molecule has 80 valence electrons. The second-order valence-corrected chi connectivity index (χ2v) is 3.85. The molecule has 0 saturated carbocycles. The third-order valence-corrected chi connectivity index (χ3v) is 2.63. The summed E-state index contributed by atoms with van der Waals surface area (Å²) in [6.07, 6.45) is 1.28. The summed E-state index contributed by atoms with van der Waals surface area (Å²) >= 11 is 0. The molecule has 0 aliphatic rings. The second-order valence-electron chi connectivity index (χ2n) is 3.85. The van der Waals surface area contributed by atoms with E-state index in [0.717, 1.165) is 16.7 Å². The molecule has 2 heteroatoms. The Morgan fingerprint density at radius 2 is 1.62 bits per heavy atom. The largest absolute Gasteiger partial charge is 0.398 e. The first kappa shape index (κ1) is 10.4. The molecule has 0 atom stereocenters. The summed E-state index contributed by atoms with van der Waals surface area (Å²) in [5.74, 6) is 0. The lowest BCUT2D eigenvalue weighted by atomic mass is 10.0. The Hall–Kier alpha value is -2.09. The normalized spacial score (nSPS) is 10.1. The van der Waals surface area contributed by atoms with Gasteiger partial charge in [0.2, 0.25) is 0 Å². The summed E-state index contributed by atoms with van der Waals surface area (Å²) in [7, 11) is 0. The monoisotopic (exact) mass is 210 g/mol. The van der Waals surface area contributed by atoms with Crippen LogP contribution < -0.4 is 5.73 Å². The van der Waals surface area contributed by atoms with Gasteiger partial charge in [0.15, 0.2) is 0 Å². The van der Waals surface area contributed by atoms with Crippen LogP contribution in [0.5, 0.6) is 0 Å². The number of rotatable bonds is 2. The van der Waals surface area contributed by atoms with Gasteiger partial charge >= 0.3 is 0 Å². The Morgan fingerprint density at radius 1 is 1.00 bits per heavy atom. The minimum Gasteiger partial charge on any atom is -0.398 e. The van der Waals surface area contributed by atoms with E-state index in [-0.39, 0.29) is 0 Å². The van der Waals surface area contributed by atoms with Crippen LogP contribution in [0.1, 0.15) is 11.1 Å². The quantitative estimate of drug-likeness (QED) is 0.580. The molecular formula is C14H14N2. The number of nitrogen functional groups attached to an aromatic ring is 1. The van der Waals surface area contributed by atoms with Crippen LogP contribution in [0.15, 0.2) is 42.5 Å². The highest BCUT2D eigenvalue weighted by Crippen LogP contribution is 2.23. The molecule has 0 fully saturated rings. The van der Waals surface area contributed by atoms with Crippen LogP contribution in [0.2, 0.25) is 0 Å². The maximum Gasteiger partial charge on any atom is 0.0403 e. The predicted octanol–water partition coefficient (Wildman–Crippen LogP) is 3.24. The maximum atomic E-state index is 7.27. The number of nitrogens with one attached hydrogen (secondary N) is 1. The molecule has 0 radical (unpaired) electrons. The minimum atomic E-state index is 0.644. The molecule has 0 bridgehead atoms. The molecule has 0 spiro atoms. The fourth-order valence-electron chi connectivity index (χ4n) is 1.63. The lowest BCUT2D eigenvalue weighted by Crippen LogP contribution is -1.92. The Balaban J connectivity index is 2.48. The molecule has 0 unspecified atom stereocenters. The molecule has 2 nitrogen and oxygen atoms in total. The van der Waals surface area contributed by atoms with Crippen LogP contribution in [0.4, 0.5) is 5.69 Å². The number of hydrogen-bond acceptors (Lipinski definition) is 2. The zero-order valence-corrected chi connectivity index (χ0v) is 9.20. The number of hydrogen-bond donors (Lipinski definition) is 2. The van der Waals surface area contributed by atoms with Gasteiger partial charge in [0, 0.05) is 17.5 Å². The van der Waals surface area contributed by atoms with Gasteiger partial charge < -0.3 is 11.1 Å². The minimum absolute atomic E-state index is 0.644. The topological polar surface area (TPSA) is 49.9 Å². The highest BCUT2D eigenvalue weighted by molar-refractivity contribution is 5.87. The molecule has 0 heterocycles. The average Bonchev–Trinajstić information content (AvgIpc) is 2.31. The molecule has 2 rings (SSSR count). The van der Waals surface area contributed by atoms with Crippen LogP contribution in [0, 0.1) is 12.3 Å². The number of nitrogens with two attached hydrogens (primary N) is 1. The SMILES string of the molecule is Cc1ccc(-c2ccc(N)c(C=N)c2)cc1. The van der Waals surface area contributed by atoms with E-state index in [1.54, 1.807) is 0 Å². The van der Waals surface area contributed by atoms with Gasteiger partial charge in [-0.05, 0) is 30.2 Å². The Bertz CT molecular complexity index is 513. The lowest BCUT2D eigenvalue weighted by molar-refractivity contribution is 1.46. The standard InChI is InChI=1S/C14H14N2/c1-10-2-4-11(5-3-10)12-6-7-14(16)13(8-12)9-15/h2-9,15H,16H2,1H3. The van der Waals surface area contributed by atoms with Crippen molar-refractivity contribution in [2.45, 2.75) is 6.92 Å². The van der Waals surface area contributed by atoms with Gasteiger partial charge in [-0.15, -0.1) is 0 Å². The van der Waals surface area contributed by atoms with Crippen molar-refractivity contribution >= 4 is 11.9 Å². The van der Waals surface area contributed by atoms with Gasteiger partial charge in [0.25, 0.3) is 0 Å². The maximum absolute atomic E-state index is 7.27. The van der Waals surface area contributed by atoms with E-state index in [1.165, 1.54) is 11.8 Å². The summed E-state index contributed by atoms with van der Waals surface area (Å²) in [5.41, 5.74) is 10.6. The molecule has 0 amide bonds. The van der Waals surface area contributed by atoms with Crippen LogP contribution in [0.25, 0.3) is 11.1 Å². The van der Waals surface area contributed by atoms with E-state index in [0.29, 0.717) is 5.69 Å². The van der Waals surface area contributed by atoms with Crippen molar-refractivity contribution in [2.75, 3.05) is 5.73 Å². The lowest BCUT2D eigenvalue weighted by Gasteiger charge is -2.05. The molecule has 0 aromatic heterocycles. The van der Waals surface area contributed by atoms with Gasteiger partial charge in [-0.2, -0.15) is 0 Å². The van der Waals surface area contributed by atoms with E-state index >= 15 is 0 Å². The third-order valence-electron chi connectivity index (χ3n) is 2.63. The van der Waals surface area contributed by atoms with Gasteiger partial charge in [-0.3, -0.25) is 0 Å². The molecule has 0 aliphatic carbocycles. The van der Waals surface area contributed by atoms with Crippen LogP contribution in [-0.2, 0) is 0 Å². The zero-order valence-electron chi connectivity index (χ0n) is 9.20. The molecule has 16 heavy (non-hydrogen) atoms. The average molecular weight is 210 g/mol. The fourth-order valence-corrected chi connectivity index (χ4v) is 1.63. The first-order valence-corrected chi connectivity index (χ1v) is 5.18. The number of aryl methyl sites for hydroxylation is 1. The second kappa shape index (κ2) is 4.19. The molecular weight excluding hydrogens is 196 g/mol. The third kappa shape index (κ3) is 1.96. The summed E-state index contributed by atoms with van der Waals surface area (Å²) < 4.78 is 0. The fraction of sp³-hybridized carbons (Fsp3) is 0.0714. The van der Waals surface area contributed by atoms with Crippen molar-refractivity contribution in [2.24, 2.45) is 0 Å². The summed E-state index contributed by atoms with van der Waals surface area (Å²) in [6.45, 7) is 2.07. The summed E-state index contributed by atoms with van der Waals surface area (Å²) in [5, 5.41) is 7.27. The van der Waals surface area contributed by atoms with E-state index in [1.807, 2.05) is 18.2 Å². The zero-order chi connectivity index (χ0) is 11.5. The van der Waals surface area contributed by atoms with Crippen LogP contribution in [0.3, 0.4) is 0 Å². The molecule has 2 aromatic carbocycles. The van der Waals surface area contributed by atoms with E-state index in [9.17, 15) is 0 Å². The first-order valence-electron chi connectivity index (χ1n) is 5.18. The van der Waals surface area contributed by atoms with E-state index < -0.39 is 0 Å². The highest BCUT2D eigenvalue weighted by Gasteiger charge is 2.00. The first-order chi connectivity index (χ1) is 7.70. The van der Waals surface area contributed by atoms with Gasteiger partial charge in [0.1, 0.15) is 0 Å². The Labute approximate surface area is 95.2 Å². The smallest absolute Gasteiger partial charge is 0.0403 e. The van der Waals surface area contributed by atoms with Crippen LogP contribution in [-0.4, -0.2) is 6.21 Å². The van der Waals surface area contributed by atoms with E-state index in [4.69, 9.17) is 11.1 Å². The van der Waals surface area contributed by atoms with Crippen molar-refractivity contribution in [3.63, 3.8) is 0 Å². The van der Waals surface area contributed by atoms with Gasteiger partial charge in [0.05, 0.1) is 0 Å². The van der Waals surface area contributed by atoms with Crippen molar-refractivity contribution in [3.05, 3.63) is 53.6 Å². The van der Waals surface area contributed by atoms with Crippen molar-refractivity contribution in [1.29, 1.82) is 5.41 Å². The Morgan fingerprint density at radius 3 is 2.25 bits per heavy atom. The summed E-state index contributed by atoms with van der Waals surface area (Å²) in [6, 6.07) is 14.1. The molecule has 0 saturated heterocycles. The predicted molar refractivity (Wildman–Crippen MR) is 68.9 cm³/mol. The van der Waals surface area contributed by atoms with E-state index in [2.05, 4.69) is 31.2 Å². The Kier molecular flexibility index (Phi) is 2.73. The van der Waals surface area contributed by atoms with Gasteiger partial charge in [-0.25, -0.2) is 0 Å². The molecule has 0 aliphatic heterocycles. The number of benzene rings is 2. The van der Waals surface area contributed by atoms with Crippen molar-refractivity contribution in [3.8, 4) is 11.1 Å². The van der Waals surface area contributed by atoms with Crippen molar-refractivity contribution in [1.82, 2.24) is 0 Å². The highest BCUT2D eigenvalue weighted by atomic mass is 14.6. The van der Waals surface area contributed by atoms with Gasteiger partial charge in [-0.1, -0.05) is 35.9 Å². The van der Waals surface area contributed by atoms with Crippen molar-refractivity contribution < 1.29 is 0 Å². The molecule has 2 aromatic rings. The molecule has 3 N–H and O–H groups in total. The number of anilines is 1. The summed E-state index contributed by atoms with van der Waals surface area (Å²) in [4.78, 5) is 0. The van der Waals surface area contributed by atoms with Crippen LogP contribution >= 0.6 is 0 Å².